The summed E-state index contributed by atoms with van der Waals surface area (Å²) >= 11 is 0. The molecule has 1 aromatic carbocycles. The third kappa shape index (κ3) is 1.92. The monoisotopic (exact) mass is 305 g/mol. The van der Waals surface area contributed by atoms with Crippen LogP contribution in [-0.4, -0.2) is 38.2 Å². The number of carboxylic acid groups (broad SMARTS) is 3. The van der Waals surface area contributed by atoms with Crippen LogP contribution in [0.4, 0.5) is 0 Å². The van der Waals surface area contributed by atoms with Crippen molar-refractivity contribution in [1.29, 1.82) is 0 Å². The summed E-state index contributed by atoms with van der Waals surface area (Å²) in [5, 5.41) is 27.1. The van der Waals surface area contributed by atoms with Crippen molar-refractivity contribution in [3.63, 3.8) is 0 Å². The molecule has 0 amide bonds. The van der Waals surface area contributed by atoms with E-state index >= 15 is 0 Å². The number of nitrogens with one attached hydrogen (secondary N) is 1. The standard InChI is InChI=1S/C13H7NO8/c15-11(16)4-1-2-5-6(3-4)22-10-8(13(19)20)14-7(12(17)18)9(10)21-5/h1-3,14H,(H,15,16)(H,17,18)(H,19,20). The van der Waals surface area contributed by atoms with Gasteiger partial charge in [0.15, 0.2) is 22.9 Å². The maximum absolute atomic E-state index is 11.1. The van der Waals surface area contributed by atoms with E-state index in [9.17, 15) is 14.4 Å². The van der Waals surface area contributed by atoms with Gasteiger partial charge in [0.25, 0.3) is 0 Å². The quantitative estimate of drug-likeness (QED) is 0.574. The smallest absolute Gasteiger partial charge is 0.356 e. The van der Waals surface area contributed by atoms with Crippen LogP contribution in [0.5, 0.6) is 23.0 Å². The van der Waals surface area contributed by atoms with Crippen molar-refractivity contribution in [3.05, 3.63) is 35.2 Å². The lowest BCUT2D eigenvalue weighted by Crippen LogP contribution is -2.05. The van der Waals surface area contributed by atoms with E-state index in [1.54, 1.807) is 0 Å². The van der Waals surface area contributed by atoms with Crippen molar-refractivity contribution >= 4 is 17.9 Å². The molecule has 3 rings (SSSR count). The van der Waals surface area contributed by atoms with Gasteiger partial charge in [-0.25, -0.2) is 14.4 Å². The molecule has 0 spiro atoms. The summed E-state index contributed by atoms with van der Waals surface area (Å²) in [7, 11) is 0. The van der Waals surface area contributed by atoms with Crippen LogP contribution in [0.1, 0.15) is 31.3 Å². The van der Waals surface area contributed by atoms with Gasteiger partial charge >= 0.3 is 17.9 Å². The molecule has 0 bridgehead atoms. The normalized spacial score (nSPS) is 11.6. The number of aromatic carboxylic acids is 3. The predicted octanol–water partition coefficient (Wildman–Crippen LogP) is 2.01. The Morgan fingerprint density at radius 3 is 1.86 bits per heavy atom. The Labute approximate surface area is 121 Å². The minimum atomic E-state index is -1.44. The zero-order chi connectivity index (χ0) is 16.0. The first-order valence-electron chi connectivity index (χ1n) is 5.84. The number of benzene rings is 1. The van der Waals surface area contributed by atoms with Crippen LogP contribution in [0.25, 0.3) is 0 Å². The minimum absolute atomic E-state index is 0.0224. The summed E-state index contributed by atoms with van der Waals surface area (Å²) in [5.74, 6) is -4.60. The maximum atomic E-state index is 11.1. The van der Waals surface area contributed by atoms with Crippen molar-refractivity contribution in [2.24, 2.45) is 0 Å². The fourth-order valence-corrected chi connectivity index (χ4v) is 1.99. The number of fused-ring (bicyclic) bond motifs is 2. The van der Waals surface area contributed by atoms with Crippen molar-refractivity contribution in [2.45, 2.75) is 0 Å². The molecular weight excluding hydrogens is 298 g/mol. The molecular formula is C13H7NO8. The summed E-state index contributed by atoms with van der Waals surface area (Å²) in [6, 6.07) is 3.70. The number of hydrogen-bond acceptors (Lipinski definition) is 5. The first-order valence-corrected chi connectivity index (χ1v) is 5.84. The van der Waals surface area contributed by atoms with Crippen molar-refractivity contribution in [2.75, 3.05) is 0 Å². The minimum Gasteiger partial charge on any atom is -0.478 e. The third-order valence-corrected chi connectivity index (χ3v) is 2.95. The highest BCUT2D eigenvalue weighted by Gasteiger charge is 2.33. The lowest BCUT2D eigenvalue weighted by molar-refractivity contribution is 0.0676. The molecule has 9 heteroatoms. The van der Waals surface area contributed by atoms with Crippen molar-refractivity contribution in [3.8, 4) is 23.0 Å². The summed E-state index contributed by atoms with van der Waals surface area (Å²) in [6.07, 6.45) is 0. The zero-order valence-electron chi connectivity index (χ0n) is 10.6. The lowest BCUT2D eigenvalue weighted by Gasteiger charge is -2.18. The maximum Gasteiger partial charge on any atom is 0.356 e. The molecule has 2 heterocycles. The molecule has 9 nitrogen and oxygen atoms in total. The Bertz CT molecular complexity index is 835. The van der Waals surface area contributed by atoms with E-state index in [-0.39, 0.29) is 28.6 Å². The lowest BCUT2D eigenvalue weighted by atomic mass is 10.2. The molecule has 4 N–H and O–H groups in total. The van der Waals surface area contributed by atoms with Gasteiger partial charge in [-0.1, -0.05) is 0 Å². The van der Waals surface area contributed by atoms with E-state index in [1.165, 1.54) is 12.1 Å². The number of carboxylic acids is 3. The summed E-state index contributed by atoms with van der Waals surface area (Å²) in [4.78, 5) is 35.4. The number of aromatic nitrogens is 1. The van der Waals surface area contributed by atoms with Crippen LogP contribution < -0.4 is 9.47 Å². The highest BCUT2D eigenvalue weighted by atomic mass is 16.6. The number of ether oxygens (including phenoxy) is 2. The fourth-order valence-electron chi connectivity index (χ4n) is 1.99. The molecule has 0 fully saturated rings. The summed E-state index contributed by atoms with van der Waals surface area (Å²) in [5.41, 5.74) is -1.06. The fraction of sp³-hybridized carbons (Fsp3) is 0. The summed E-state index contributed by atoms with van der Waals surface area (Å²) < 4.78 is 10.7. The van der Waals surface area contributed by atoms with Gasteiger partial charge in [-0.3, -0.25) is 0 Å². The third-order valence-electron chi connectivity index (χ3n) is 2.95. The molecule has 0 aliphatic carbocycles. The van der Waals surface area contributed by atoms with E-state index in [2.05, 4.69) is 4.98 Å². The van der Waals surface area contributed by atoms with E-state index in [0.29, 0.717) is 0 Å². The topological polar surface area (TPSA) is 146 Å². The largest absolute Gasteiger partial charge is 0.478 e. The predicted molar refractivity (Wildman–Crippen MR) is 68.3 cm³/mol. The second-order valence-electron chi connectivity index (χ2n) is 4.31. The molecule has 1 aliphatic heterocycles. The van der Waals surface area contributed by atoms with Crippen LogP contribution in [0.3, 0.4) is 0 Å². The van der Waals surface area contributed by atoms with Gasteiger partial charge in [0.05, 0.1) is 5.56 Å². The number of hydrogen-bond donors (Lipinski definition) is 4. The van der Waals surface area contributed by atoms with E-state index < -0.39 is 29.3 Å². The van der Waals surface area contributed by atoms with Crippen LogP contribution in [-0.2, 0) is 0 Å². The van der Waals surface area contributed by atoms with Crippen LogP contribution >= 0.6 is 0 Å². The SMILES string of the molecule is O=C(O)c1ccc2c(c1)Oc1c(C(=O)O)[nH]c(C(=O)O)c1O2. The molecule has 112 valence electrons. The highest BCUT2D eigenvalue weighted by molar-refractivity contribution is 5.98. The second-order valence-corrected chi connectivity index (χ2v) is 4.31. The Morgan fingerprint density at radius 2 is 1.36 bits per heavy atom. The van der Waals surface area contributed by atoms with Crippen LogP contribution in [0.15, 0.2) is 18.2 Å². The van der Waals surface area contributed by atoms with Gasteiger partial charge in [0.2, 0.25) is 11.5 Å². The Morgan fingerprint density at radius 1 is 0.818 bits per heavy atom. The zero-order valence-corrected chi connectivity index (χ0v) is 10.6. The van der Waals surface area contributed by atoms with E-state index in [0.717, 1.165) is 6.07 Å². The number of rotatable bonds is 3. The highest BCUT2D eigenvalue weighted by Crippen LogP contribution is 2.49. The molecule has 0 unspecified atom stereocenters. The van der Waals surface area contributed by atoms with Crippen molar-refractivity contribution < 1.29 is 39.2 Å². The van der Waals surface area contributed by atoms with E-state index in [1.807, 2.05) is 0 Å². The van der Waals surface area contributed by atoms with Gasteiger partial charge in [-0.05, 0) is 18.2 Å². The molecule has 0 saturated heterocycles. The molecule has 1 aromatic heterocycles. The first-order chi connectivity index (χ1) is 10.4. The average Bonchev–Trinajstić information content (AvgIpc) is 2.82. The Balaban J connectivity index is 2.15. The Hall–Kier alpha value is -3.49. The van der Waals surface area contributed by atoms with Gasteiger partial charge in [0, 0.05) is 0 Å². The molecule has 1 aliphatic rings. The number of carbonyl (C=O) groups is 3. The van der Waals surface area contributed by atoms with Crippen molar-refractivity contribution in [1.82, 2.24) is 4.98 Å². The van der Waals surface area contributed by atoms with Gasteiger partial charge in [0.1, 0.15) is 0 Å². The number of H-pyrrole nitrogens is 1. The molecule has 0 saturated carbocycles. The molecule has 0 atom stereocenters. The first kappa shape index (κ1) is 13.5. The number of aromatic amines is 1. The second kappa shape index (κ2) is 4.52. The Kier molecular flexibility index (Phi) is 2.77. The van der Waals surface area contributed by atoms with Gasteiger partial charge in [-0.2, -0.15) is 0 Å². The van der Waals surface area contributed by atoms with Crippen LogP contribution in [0.2, 0.25) is 0 Å². The molecule has 2 aromatic rings. The molecule has 22 heavy (non-hydrogen) atoms. The van der Waals surface area contributed by atoms with Gasteiger partial charge in [-0.15, -0.1) is 0 Å². The van der Waals surface area contributed by atoms with E-state index in [4.69, 9.17) is 24.8 Å². The van der Waals surface area contributed by atoms with Gasteiger partial charge < -0.3 is 29.8 Å². The molecule has 0 radical (unpaired) electrons. The summed E-state index contributed by atoms with van der Waals surface area (Å²) in [6.45, 7) is 0. The van der Waals surface area contributed by atoms with Crippen LogP contribution in [0, 0.1) is 0 Å². The average molecular weight is 305 g/mol.